The van der Waals surface area contributed by atoms with Crippen molar-refractivity contribution in [3.63, 3.8) is 0 Å². The summed E-state index contributed by atoms with van der Waals surface area (Å²) in [5.74, 6) is 0.946. The van der Waals surface area contributed by atoms with Crippen molar-refractivity contribution in [2.45, 2.75) is 12.1 Å². The molecule has 0 spiro atoms. The molecule has 2 N–H and O–H groups in total. The Balaban J connectivity index is 1.92. The summed E-state index contributed by atoms with van der Waals surface area (Å²) in [6, 6.07) is 7.16. The number of hydrogen-bond acceptors (Lipinski definition) is 7. The molecule has 0 saturated carbocycles. The molecule has 0 unspecified atom stereocenters. The molecule has 0 bridgehead atoms. The average molecular weight is 406 g/mol. The lowest BCUT2D eigenvalue weighted by atomic mass is 10.2. The highest BCUT2D eigenvalue weighted by atomic mass is 32.2. The minimum atomic E-state index is -0.298. The highest BCUT2D eigenvalue weighted by Gasteiger charge is 2.20. The summed E-state index contributed by atoms with van der Waals surface area (Å²) < 4.78 is 10.3. The van der Waals surface area contributed by atoms with E-state index in [1.807, 2.05) is 12.1 Å². The Morgan fingerprint density at radius 2 is 2.11 bits per heavy atom. The van der Waals surface area contributed by atoms with Crippen molar-refractivity contribution in [2.75, 3.05) is 31.9 Å². The van der Waals surface area contributed by atoms with Crippen molar-refractivity contribution in [3.05, 3.63) is 45.1 Å². The van der Waals surface area contributed by atoms with E-state index in [9.17, 15) is 9.59 Å². The van der Waals surface area contributed by atoms with E-state index in [0.29, 0.717) is 49.6 Å². The van der Waals surface area contributed by atoms with Gasteiger partial charge in [0.15, 0.2) is 5.16 Å². The van der Waals surface area contributed by atoms with Crippen molar-refractivity contribution in [3.8, 4) is 5.75 Å². The predicted molar refractivity (Wildman–Crippen MR) is 109 cm³/mol. The average Bonchev–Trinajstić information content (AvgIpc) is 2.99. The molecule has 3 aromatic rings. The van der Waals surface area contributed by atoms with Crippen LogP contribution >= 0.6 is 23.1 Å². The van der Waals surface area contributed by atoms with Crippen LogP contribution in [-0.2, 0) is 4.74 Å². The van der Waals surface area contributed by atoms with Crippen molar-refractivity contribution in [1.82, 2.24) is 9.97 Å². The van der Waals surface area contributed by atoms with Crippen LogP contribution in [0.15, 0.2) is 34.2 Å². The quantitative estimate of drug-likeness (QED) is 0.356. The number of thioether (sulfide) groups is 1. The van der Waals surface area contributed by atoms with E-state index in [4.69, 9.17) is 9.47 Å². The summed E-state index contributed by atoms with van der Waals surface area (Å²) in [5.41, 5.74) is 0.939. The van der Waals surface area contributed by atoms with Crippen LogP contribution < -0.4 is 15.6 Å². The number of methoxy groups -OCH3 is 2. The van der Waals surface area contributed by atoms with Crippen LogP contribution in [0, 0.1) is 6.92 Å². The maximum absolute atomic E-state index is 12.8. The first-order valence-electron chi connectivity index (χ1n) is 8.14. The number of ether oxygens (including phenoxy) is 2. The number of benzene rings is 1. The SMILES string of the molecule is COCCSc1nc2sc(C(=O)Nc3ccccc3OC)c(C)c2c(=O)[nH]1. The van der Waals surface area contributed by atoms with Crippen LogP contribution in [0.5, 0.6) is 5.75 Å². The summed E-state index contributed by atoms with van der Waals surface area (Å²) in [4.78, 5) is 33.5. The molecule has 2 aromatic heterocycles. The molecule has 27 heavy (non-hydrogen) atoms. The minimum Gasteiger partial charge on any atom is -0.495 e. The summed E-state index contributed by atoms with van der Waals surface area (Å²) in [5, 5.41) is 3.80. The third kappa shape index (κ3) is 4.15. The van der Waals surface area contributed by atoms with Gasteiger partial charge in [-0.05, 0) is 24.6 Å². The van der Waals surface area contributed by atoms with Crippen LogP contribution in [-0.4, -0.2) is 42.5 Å². The predicted octanol–water partition coefficient (Wildman–Crippen LogP) is 3.29. The van der Waals surface area contributed by atoms with Gasteiger partial charge in [0.05, 0.1) is 29.7 Å². The Morgan fingerprint density at radius 1 is 1.33 bits per heavy atom. The van der Waals surface area contributed by atoms with E-state index in [-0.39, 0.29) is 11.5 Å². The van der Waals surface area contributed by atoms with Crippen LogP contribution in [0.25, 0.3) is 10.2 Å². The van der Waals surface area contributed by atoms with Gasteiger partial charge in [0, 0.05) is 12.9 Å². The molecule has 0 fully saturated rings. The smallest absolute Gasteiger partial charge is 0.266 e. The molecule has 7 nitrogen and oxygen atoms in total. The second-order valence-electron chi connectivity index (χ2n) is 5.60. The molecular weight excluding hydrogens is 386 g/mol. The molecule has 0 radical (unpaired) electrons. The largest absolute Gasteiger partial charge is 0.495 e. The summed E-state index contributed by atoms with van der Waals surface area (Å²) in [7, 11) is 3.16. The maximum atomic E-state index is 12.8. The van der Waals surface area contributed by atoms with Crippen molar-refractivity contribution in [1.29, 1.82) is 0 Å². The fourth-order valence-electron chi connectivity index (χ4n) is 2.56. The van der Waals surface area contributed by atoms with Gasteiger partial charge in [-0.25, -0.2) is 4.98 Å². The van der Waals surface area contributed by atoms with E-state index in [2.05, 4.69) is 15.3 Å². The Morgan fingerprint density at radius 3 is 2.85 bits per heavy atom. The molecule has 3 rings (SSSR count). The van der Waals surface area contributed by atoms with Gasteiger partial charge in [0.1, 0.15) is 10.6 Å². The summed E-state index contributed by atoms with van der Waals surface area (Å²) in [6.07, 6.45) is 0. The highest BCUT2D eigenvalue weighted by Crippen LogP contribution is 2.30. The third-order valence-corrected chi connectivity index (χ3v) is 5.89. The van der Waals surface area contributed by atoms with E-state index < -0.39 is 0 Å². The standard InChI is InChI=1S/C18H19N3O4S2/c1-10-13-15(22)20-18(26-9-8-24-2)21-17(13)27-14(10)16(23)19-11-6-4-5-7-12(11)25-3/h4-7H,8-9H2,1-3H3,(H,19,23)(H,20,21,22). The number of carbonyl (C=O) groups excluding carboxylic acids is 1. The molecule has 0 saturated heterocycles. The van der Waals surface area contributed by atoms with Gasteiger partial charge in [-0.3, -0.25) is 9.59 Å². The zero-order valence-electron chi connectivity index (χ0n) is 15.1. The Kier molecular flexibility index (Phi) is 6.15. The van der Waals surface area contributed by atoms with Gasteiger partial charge in [-0.1, -0.05) is 23.9 Å². The number of para-hydroxylation sites is 2. The summed E-state index contributed by atoms with van der Waals surface area (Å²) in [6.45, 7) is 2.31. The Labute approximate surface area is 164 Å². The number of thiophene rings is 1. The maximum Gasteiger partial charge on any atom is 0.266 e. The fraction of sp³-hybridized carbons (Fsp3) is 0.278. The number of nitrogens with one attached hydrogen (secondary N) is 2. The highest BCUT2D eigenvalue weighted by molar-refractivity contribution is 7.99. The van der Waals surface area contributed by atoms with Crippen LogP contribution in [0.4, 0.5) is 5.69 Å². The molecule has 1 amide bonds. The van der Waals surface area contributed by atoms with Crippen molar-refractivity contribution >= 4 is 44.9 Å². The van der Waals surface area contributed by atoms with Crippen LogP contribution in [0.1, 0.15) is 15.2 Å². The number of fused-ring (bicyclic) bond motifs is 1. The number of H-pyrrole nitrogens is 1. The first-order chi connectivity index (χ1) is 13.0. The number of aromatic amines is 1. The monoisotopic (exact) mass is 405 g/mol. The summed E-state index contributed by atoms with van der Waals surface area (Å²) >= 11 is 2.61. The Hall–Kier alpha value is -2.36. The van der Waals surface area contributed by atoms with E-state index in [0.717, 1.165) is 0 Å². The van der Waals surface area contributed by atoms with Gasteiger partial charge in [0.2, 0.25) is 0 Å². The lowest BCUT2D eigenvalue weighted by Gasteiger charge is -2.09. The third-order valence-electron chi connectivity index (χ3n) is 3.87. The molecule has 0 atom stereocenters. The number of aromatic nitrogens is 2. The van der Waals surface area contributed by atoms with Gasteiger partial charge in [0.25, 0.3) is 11.5 Å². The number of rotatable bonds is 7. The zero-order chi connectivity index (χ0) is 19.4. The lowest BCUT2D eigenvalue weighted by molar-refractivity contribution is 0.102. The number of hydrogen-bond donors (Lipinski definition) is 2. The van der Waals surface area contributed by atoms with E-state index in [1.54, 1.807) is 33.3 Å². The Bertz CT molecular complexity index is 1030. The lowest BCUT2D eigenvalue weighted by Crippen LogP contribution is -2.13. The molecule has 0 aliphatic heterocycles. The van der Waals surface area contributed by atoms with Gasteiger partial charge in [-0.2, -0.15) is 0 Å². The number of aryl methyl sites for hydroxylation is 1. The molecule has 0 aliphatic rings. The van der Waals surface area contributed by atoms with Gasteiger partial charge < -0.3 is 19.8 Å². The normalized spacial score (nSPS) is 10.9. The second-order valence-corrected chi connectivity index (χ2v) is 7.69. The second kappa shape index (κ2) is 8.55. The van der Waals surface area contributed by atoms with Crippen LogP contribution in [0.2, 0.25) is 0 Å². The van der Waals surface area contributed by atoms with Crippen molar-refractivity contribution < 1.29 is 14.3 Å². The molecule has 2 heterocycles. The van der Waals surface area contributed by atoms with Gasteiger partial charge >= 0.3 is 0 Å². The molecular formula is C18H19N3O4S2. The van der Waals surface area contributed by atoms with Crippen LogP contribution in [0.3, 0.4) is 0 Å². The number of nitrogens with zero attached hydrogens (tertiary/aromatic N) is 1. The van der Waals surface area contributed by atoms with Crippen molar-refractivity contribution in [2.24, 2.45) is 0 Å². The van der Waals surface area contributed by atoms with Gasteiger partial charge in [-0.15, -0.1) is 11.3 Å². The number of carbonyl (C=O) groups is 1. The first-order valence-corrected chi connectivity index (χ1v) is 9.95. The fourth-order valence-corrected chi connectivity index (χ4v) is 4.46. The van der Waals surface area contributed by atoms with E-state index >= 15 is 0 Å². The first kappa shape index (κ1) is 19.4. The molecule has 1 aromatic carbocycles. The molecule has 9 heteroatoms. The molecule has 0 aliphatic carbocycles. The number of anilines is 1. The topological polar surface area (TPSA) is 93.3 Å². The minimum absolute atomic E-state index is 0.245. The number of amides is 1. The zero-order valence-corrected chi connectivity index (χ0v) is 16.8. The molecule has 142 valence electrons. The van der Waals surface area contributed by atoms with E-state index in [1.165, 1.54) is 23.1 Å².